The van der Waals surface area contributed by atoms with Gasteiger partial charge in [0.05, 0.1) is 10.5 Å². The number of carboxylic acid groups (broad SMARTS) is 1. The topological polar surface area (TPSA) is 83.5 Å². The minimum Gasteiger partial charge on any atom is -0.478 e. The maximum Gasteiger partial charge on any atom is 0.407 e. The van der Waals surface area contributed by atoms with E-state index in [2.05, 4.69) is 0 Å². The standard InChI is InChI=1S/C11H10F3NO4S/c12-11(13,14)10(4-5-10)15-20(18,19)8-3-1-2-7(6-8)9(16)17/h1-3,6,15H,4-5H2,(H,16,17). The summed E-state index contributed by atoms with van der Waals surface area (Å²) in [5, 5.41) is 8.75. The SMILES string of the molecule is O=C(O)c1cccc(S(=O)(=O)NC2(C(F)(F)F)CC2)c1. The van der Waals surface area contributed by atoms with Crippen LogP contribution in [0.25, 0.3) is 0 Å². The number of sulfonamides is 1. The molecule has 1 fully saturated rings. The molecule has 0 bridgehead atoms. The quantitative estimate of drug-likeness (QED) is 0.887. The highest BCUT2D eigenvalue weighted by Crippen LogP contribution is 2.49. The van der Waals surface area contributed by atoms with Crippen LogP contribution in [0.4, 0.5) is 13.2 Å². The van der Waals surface area contributed by atoms with E-state index in [1.165, 1.54) is 0 Å². The van der Waals surface area contributed by atoms with E-state index < -0.39 is 32.6 Å². The fourth-order valence-electron chi connectivity index (χ4n) is 1.68. The number of benzene rings is 1. The van der Waals surface area contributed by atoms with Crippen molar-refractivity contribution in [2.24, 2.45) is 0 Å². The lowest BCUT2D eigenvalue weighted by atomic mass is 10.2. The molecule has 20 heavy (non-hydrogen) atoms. The molecule has 2 N–H and O–H groups in total. The zero-order valence-corrected chi connectivity index (χ0v) is 10.8. The van der Waals surface area contributed by atoms with Gasteiger partial charge in [0.25, 0.3) is 0 Å². The van der Waals surface area contributed by atoms with E-state index in [-0.39, 0.29) is 18.4 Å². The van der Waals surface area contributed by atoms with Crippen molar-refractivity contribution in [3.8, 4) is 0 Å². The Hall–Kier alpha value is -1.61. The maximum absolute atomic E-state index is 12.7. The first kappa shape index (κ1) is 14.8. The van der Waals surface area contributed by atoms with Gasteiger partial charge in [0, 0.05) is 0 Å². The summed E-state index contributed by atoms with van der Waals surface area (Å²) in [6, 6.07) is 4.17. The number of nitrogens with one attached hydrogen (secondary N) is 1. The van der Waals surface area contributed by atoms with Gasteiger partial charge in [-0.1, -0.05) is 6.07 Å². The van der Waals surface area contributed by atoms with Crippen molar-refractivity contribution in [2.45, 2.75) is 29.5 Å². The molecule has 0 heterocycles. The van der Waals surface area contributed by atoms with Gasteiger partial charge in [0.1, 0.15) is 5.54 Å². The summed E-state index contributed by atoms with van der Waals surface area (Å²) in [4.78, 5) is 10.2. The van der Waals surface area contributed by atoms with E-state index in [1.807, 2.05) is 0 Å². The van der Waals surface area contributed by atoms with Crippen molar-refractivity contribution in [1.29, 1.82) is 0 Å². The first-order valence-electron chi connectivity index (χ1n) is 5.51. The summed E-state index contributed by atoms with van der Waals surface area (Å²) in [5.74, 6) is -1.36. The molecule has 0 spiro atoms. The molecule has 0 aliphatic heterocycles. The van der Waals surface area contributed by atoms with Crippen LogP contribution in [0.15, 0.2) is 29.2 Å². The number of carbonyl (C=O) groups is 1. The highest BCUT2D eigenvalue weighted by atomic mass is 32.2. The second-order valence-electron chi connectivity index (χ2n) is 4.52. The molecule has 0 saturated heterocycles. The van der Waals surface area contributed by atoms with E-state index in [0.29, 0.717) is 0 Å². The van der Waals surface area contributed by atoms with Crippen LogP contribution >= 0.6 is 0 Å². The highest BCUT2D eigenvalue weighted by Gasteiger charge is 2.65. The molecule has 1 aliphatic rings. The Balaban J connectivity index is 2.33. The van der Waals surface area contributed by atoms with Crippen LogP contribution in [0.3, 0.4) is 0 Å². The minimum absolute atomic E-state index is 0.315. The van der Waals surface area contributed by atoms with Crippen molar-refractivity contribution >= 4 is 16.0 Å². The summed E-state index contributed by atoms with van der Waals surface area (Å²) in [6.07, 6.45) is -5.33. The molecule has 0 aromatic heterocycles. The fraction of sp³-hybridized carbons (Fsp3) is 0.364. The Morgan fingerprint density at radius 3 is 2.35 bits per heavy atom. The number of hydrogen-bond donors (Lipinski definition) is 2. The number of alkyl halides is 3. The van der Waals surface area contributed by atoms with Gasteiger partial charge in [-0.15, -0.1) is 0 Å². The molecule has 1 aromatic rings. The number of carboxylic acids is 1. The Morgan fingerprint density at radius 1 is 1.30 bits per heavy atom. The largest absolute Gasteiger partial charge is 0.478 e. The molecule has 9 heteroatoms. The lowest BCUT2D eigenvalue weighted by molar-refractivity contribution is -0.160. The first-order valence-corrected chi connectivity index (χ1v) is 7.00. The van der Waals surface area contributed by atoms with E-state index in [4.69, 9.17) is 5.11 Å². The third kappa shape index (κ3) is 2.63. The zero-order chi connectivity index (χ0) is 15.2. The summed E-state index contributed by atoms with van der Waals surface area (Å²) in [6.45, 7) is 0. The third-order valence-corrected chi connectivity index (χ3v) is 4.55. The van der Waals surface area contributed by atoms with Crippen molar-refractivity contribution in [3.63, 3.8) is 0 Å². The smallest absolute Gasteiger partial charge is 0.407 e. The molecule has 0 amide bonds. The van der Waals surface area contributed by atoms with Crippen LogP contribution in [-0.2, 0) is 10.0 Å². The lowest BCUT2D eigenvalue weighted by Crippen LogP contribution is -2.47. The lowest BCUT2D eigenvalue weighted by Gasteiger charge is -2.20. The van der Waals surface area contributed by atoms with Crippen molar-refractivity contribution in [3.05, 3.63) is 29.8 Å². The predicted molar refractivity (Wildman–Crippen MR) is 61.7 cm³/mol. The van der Waals surface area contributed by atoms with Gasteiger partial charge >= 0.3 is 12.1 Å². The van der Waals surface area contributed by atoms with Crippen molar-refractivity contribution < 1.29 is 31.5 Å². The van der Waals surface area contributed by atoms with Crippen LogP contribution in [0.5, 0.6) is 0 Å². The van der Waals surface area contributed by atoms with E-state index in [1.54, 1.807) is 4.72 Å². The molecule has 0 unspecified atom stereocenters. The predicted octanol–water partition coefficient (Wildman–Crippen LogP) is 1.76. The van der Waals surface area contributed by atoms with E-state index >= 15 is 0 Å². The van der Waals surface area contributed by atoms with E-state index in [9.17, 15) is 26.4 Å². The minimum atomic E-state index is -4.68. The van der Waals surface area contributed by atoms with Gasteiger partial charge in [0.15, 0.2) is 0 Å². The molecule has 110 valence electrons. The monoisotopic (exact) mass is 309 g/mol. The molecular weight excluding hydrogens is 299 g/mol. The average molecular weight is 309 g/mol. The van der Waals surface area contributed by atoms with Crippen LogP contribution in [0.1, 0.15) is 23.2 Å². The number of hydrogen-bond acceptors (Lipinski definition) is 3. The molecule has 1 saturated carbocycles. The molecule has 5 nitrogen and oxygen atoms in total. The van der Waals surface area contributed by atoms with Gasteiger partial charge in [-0.05, 0) is 31.0 Å². The number of aromatic carboxylic acids is 1. The molecule has 0 atom stereocenters. The summed E-state index contributed by atoms with van der Waals surface area (Å²) in [5.41, 5.74) is -2.74. The van der Waals surface area contributed by atoms with Crippen LogP contribution in [0, 0.1) is 0 Å². The number of halogens is 3. The van der Waals surface area contributed by atoms with Crippen molar-refractivity contribution in [2.75, 3.05) is 0 Å². The Kier molecular flexibility index (Phi) is 3.29. The summed E-state index contributed by atoms with van der Waals surface area (Å²) < 4.78 is 63.6. The first-order chi connectivity index (χ1) is 9.07. The van der Waals surface area contributed by atoms with Crippen LogP contribution in [-0.4, -0.2) is 31.2 Å². The normalized spacial score (nSPS) is 17.8. The molecule has 2 rings (SSSR count). The van der Waals surface area contributed by atoms with Crippen molar-refractivity contribution in [1.82, 2.24) is 4.72 Å². The van der Waals surface area contributed by atoms with Gasteiger partial charge in [-0.25, -0.2) is 13.2 Å². The Bertz CT molecular complexity index is 650. The average Bonchev–Trinajstić information content (AvgIpc) is 3.09. The second kappa shape index (κ2) is 4.45. The zero-order valence-electron chi connectivity index (χ0n) is 9.94. The molecule has 1 aliphatic carbocycles. The van der Waals surface area contributed by atoms with Gasteiger partial charge < -0.3 is 5.11 Å². The Morgan fingerprint density at radius 2 is 1.90 bits per heavy atom. The highest BCUT2D eigenvalue weighted by molar-refractivity contribution is 7.89. The van der Waals surface area contributed by atoms with Crippen LogP contribution < -0.4 is 4.72 Å². The Labute approximate surface area is 112 Å². The maximum atomic E-state index is 12.7. The van der Waals surface area contributed by atoms with Crippen LogP contribution in [0.2, 0.25) is 0 Å². The molecule has 1 aromatic carbocycles. The second-order valence-corrected chi connectivity index (χ2v) is 6.20. The summed E-state index contributed by atoms with van der Waals surface area (Å²) >= 11 is 0. The van der Waals surface area contributed by atoms with Gasteiger partial charge in [-0.2, -0.15) is 17.9 Å². The molecule has 0 radical (unpaired) electrons. The van der Waals surface area contributed by atoms with Gasteiger partial charge in [0.2, 0.25) is 10.0 Å². The molecular formula is C11H10F3NO4S. The van der Waals surface area contributed by atoms with Gasteiger partial charge in [-0.3, -0.25) is 0 Å². The van der Waals surface area contributed by atoms with E-state index in [0.717, 1.165) is 24.3 Å². The third-order valence-electron chi connectivity index (χ3n) is 3.01. The number of rotatable bonds is 4. The fourth-order valence-corrected chi connectivity index (χ4v) is 3.17. The summed E-state index contributed by atoms with van der Waals surface area (Å²) in [7, 11) is -4.43.